The number of ether oxygens (including phenoxy) is 3. The molecule has 0 aromatic heterocycles. The first-order valence-corrected chi connectivity index (χ1v) is 10.4. The summed E-state index contributed by atoms with van der Waals surface area (Å²) in [5.41, 5.74) is 1.76. The number of amides is 1. The van der Waals surface area contributed by atoms with E-state index in [9.17, 15) is 4.79 Å². The van der Waals surface area contributed by atoms with Gasteiger partial charge in [-0.3, -0.25) is 9.69 Å². The van der Waals surface area contributed by atoms with Gasteiger partial charge in [0.2, 0.25) is 0 Å². The van der Waals surface area contributed by atoms with Gasteiger partial charge in [0, 0.05) is 7.05 Å². The molecular weight excluding hydrogens is 436 g/mol. The topological polar surface area (TPSA) is 51.2 Å². The van der Waals surface area contributed by atoms with Crippen molar-refractivity contribution >= 4 is 46.6 Å². The number of rotatable bonds is 8. The van der Waals surface area contributed by atoms with E-state index in [0.29, 0.717) is 51.8 Å². The van der Waals surface area contributed by atoms with E-state index in [-0.39, 0.29) is 5.91 Å². The Bertz CT molecular complexity index is 1040. The molecule has 1 aliphatic rings. The van der Waals surface area contributed by atoms with Crippen LogP contribution in [0.2, 0.25) is 5.02 Å². The van der Waals surface area contributed by atoms with Crippen molar-refractivity contribution in [1.29, 1.82) is 0 Å². The smallest absolute Gasteiger partial charge is 0.281 e. The van der Waals surface area contributed by atoms with Gasteiger partial charge < -0.3 is 19.1 Å². The van der Waals surface area contributed by atoms with Crippen molar-refractivity contribution in [3.8, 4) is 17.2 Å². The summed E-state index contributed by atoms with van der Waals surface area (Å²) in [6, 6.07) is 10.7. The van der Waals surface area contributed by atoms with Crippen molar-refractivity contribution in [2.75, 3.05) is 32.3 Å². The molecule has 6 nitrogen and oxygen atoms in total. The summed E-state index contributed by atoms with van der Waals surface area (Å²) < 4.78 is 16.5. The molecule has 162 valence electrons. The molecule has 1 amide bonds. The van der Waals surface area contributed by atoms with Crippen molar-refractivity contribution in [3.05, 3.63) is 65.3 Å². The minimum atomic E-state index is -0.237. The Balaban J connectivity index is 1.94. The number of thiocarbonyl (C=S) groups is 1. The summed E-state index contributed by atoms with van der Waals surface area (Å²) in [6.45, 7) is 6.41. The van der Waals surface area contributed by atoms with Crippen LogP contribution in [-0.4, -0.2) is 43.3 Å². The van der Waals surface area contributed by atoms with Gasteiger partial charge in [-0.1, -0.05) is 24.3 Å². The fourth-order valence-electron chi connectivity index (χ4n) is 3.11. The minimum absolute atomic E-state index is 0.237. The van der Waals surface area contributed by atoms with Gasteiger partial charge >= 0.3 is 0 Å². The van der Waals surface area contributed by atoms with Crippen LogP contribution in [0.5, 0.6) is 17.2 Å². The molecule has 0 bridgehead atoms. The highest BCUT2D eigenvalue weighted by Crippen LogP contribution is 2.38. The van der Waals surface area contributed by atoms with Crippen LogP contribution in [-0.2, 0) is 4.79 Å². The Labute approximate surface area is 192 Å². The normalized spacial score (nSPS) is 14.9. The summed E-state index contributed by atoms with van der Waals surface area (Å²) in [4.78, 5) is 16.3. The molecule has 0 radical (unpaired) electrons. The molecule has 0 N–H and O–H groups in total. The van der Waals surface area contributed by atoms with Crippen LogP contribution in [0.3, 0.4) is 0 Å². The third-order valence-corrected chi connectivity index (χ3v) is 5.31. The van der Waals surface area contributed by atoms with E-state index in [1.54, 1.807) is 48.4 Å². The summed E-state index contributed by atoms with van der Waals surface area (Å²) >= 11 is 11.9. The Hall–Kier alpha value is -3.03. The lowest BCUT2D eigenvalue weighted by atomic mass is 10.1. The van der Waals surface area contributed by atoms with E-state index in [0.717, 1.165) is 5.75 Å². The van der Waals surface area contributed by atoms with Crippen LogP contribution in [0.25, 0.3) is 6.08 Å². The molecule has 1 aliphatic heterocycles. The van der Waals surface area contributed by atoms with Gasteiger partial charge in [0.15, 0.2) is 16.6 Å². The van der Waals surface area contributed by atoms with Crippen molar-refractivity contribution < 1.29 is 19.0 Å². The Morgan fingerprint density at radius 3 is 2.52 bits per heavy atom. The quantitative estimate of drug-likeness (QED) is 0.318. The van der Waals surface area contributed by atoms with E-state index in [1.807, 2.05) is 19.1 Å². The second-order valence-corrected chi connectivity index (χ2v) is 7.34. The van der Waals surface area contributed by atoms with Crippen LogP contribution >= 0.6 is 23.8 Å². The summed E-state index contributed by atoms with van der Waals surface area (Å²) in [5.74, 6) is 1.37. The average Bonchev–Trinajstić information content (AvgIpc) is 2.97. The fraction of sp³-hybridized carbons (Fsp3) is 0.217. The monoisotopic (exact) mass is 458 g/mol. The zero-order chi connectivity index (χ0) is 22.5. The van der Waals surface area contributed by atoms with Gasteiger partial charge in [0.05, 0.1) is 24.4 Å². The van der Waals surface area contributed by atoms with Gasteiger partial charge in [0.1, 0.15) is 18.1 Å². The Morgan fingerprint density at radius 2 is 1.90 bits per heavy atom. The zero-order valence-corrected chi connectivity index (χ0v) is 19.1. The van der Waals surface area contributed by atoms with Crippen LogP contribution in [0.4, 0.5) is 5.69 Å². The van der Waals surface area contributed by atoms with E-state index in [4.69, 9.17) is 38.0 Å². The molecule has 2 aromatic rings. The maximum atomic E-state index is 13.2. The molecule has 2 aromatic carbocycles. The summed E-state index contributed by atoms with van der Waals surface area (Å²) in [5, 5.41) is 0.747. The number of benzene rings is 2. The molecule has 1 saturated heterocycles. The fourth-order valence-corrected chi connectivity index (χ4v) is 3.67. The van der Waals surface area contributed by atoms with E-state index >= 15 is 0 Å². The van der Waals surface area contributed by atoms with Crippen molar-refractivity contribution in [2.45, 2.75) is 6.92 Å². The number of anilines is 1. The molecule has 0 spiro atoms. The molecule has 0 aliphatic carbocycles. The number of carbonyl (C=O) groups excluding carboxylic acids is 1. The molecule has 31 heavy (non-hydrogen) atoms. The largest absolute Gasteiger partial charge is 0.494 e. The number of hydrogen-bond acceptors (Lipinski definition) is 5. The standard InChI is InChI=1S/C23H23ClN2O4S/c1-5-11-30-21-18(24)12-15(14-20(21)28-4)13-19-22(27)26(23(31)25(19)3)16-7-9-17(10-8-16)29-6-2/h5,7-10,12-14H,1,6,11H2,2-4H3/b19-13-. The second-order valence-electron chi connectivity index (χ2n) is 6.57. The third kappa shape index (κ3) is 4.68. The van der Waals surface area contributed by atoms with Crippen molar-refractivity contribution in [2.24, 2.45) is 0 Å². The van der Waals surface area contributed by atoms with Gasteiger partial charge in [-0.15, -0.1) is 0 Å². The number of hydrogen-bond donors (Lipinski definition) is 0. The molecule has 0 unspecified atom stereocenters. The lowest BCUT2D eigenvalue weighted by Gasteiger charge is -2.16. The molecule has 3 rings (SSSR count). The summed E-state index contributed by atoms with van der Waals surface area (Å²) in [6.07, 6.45) is 3.34. The first-order valence-electron chi connectivity index (χ1n) is 9.59. The van der Waals surface area contributed by atoms with Gasteiger partial charge in [-0.2, -0.15) is 0 Å². The Kier molecular flexibility index (Phi) is 7.20. The number of nitrogens with zero attached hydrogens (tertiary/aromatic N) is 2. The first kappa shape index (κ1) is 22.7. The third-order valence-electron chi connectivity index (χ3n) is 4.57. The molecule has 8 heteroatoms. The molecule has 1 heterocycles. The van der Waals surface area contributed by atoms with Gasteiger partial charge in [0.25, 0.3) is 5.91 Å². The minimum Gasteiger partial charge on any atom is -0.494 e. The van der Waals surface area contributed by atoms with Crippen molar-refractivity contribution in [3.63, 3.8) is 0 Å². The van der Waals surface area contributed by atoms with Crippen LogP contribution in [0.15, 0.2) is 54.8 Å². The van der Waals surface area contributed by atoms with Crippen LogP contribution in [0.1, 0.15) is 12.5 Å². The Morgan fingerprint density at radius 1 is 1.19 bits per heavy atom. The van der Waals surface area contributed by atoms with Gasteiger partial charge in [-0.25, -0.2) is 0 Å². The van der Waals surface area contributed by atoms with E-state index in [2.05, 4.69) is 6.58 Å². The second kappa shape index (κ2) is 9.85. The molecule has 0 saturated carbocycles. The number of methoxy groups -OCH3 is 1. The highest BCUT2D eigenvalue weighted by atomic mass is 35.5. The summed E-state index contributed by atoms with van der Waals surface area (Å²) in [7, 11) is 3.28. The maximum absolute atomic E-state index is 13.2. The molecular formula is C23H23ClN2O4S. The average molecular weight is 459 g/mol. The number of halogens is 1. The van der Waals surface area contributed by atoms with Crippen LogP contribution < -0.4 is 19.1 Å². The van der Waals surface area contributed by atoms with E-state index < -0.39 is 0 Å². The lowest BCUT2D eigenvalue weighted by molar-refractivity contribution is -0.114. The van der Waals surface area contributed by atoms with Crippen LogP contribution in [0, 0.1) is 0 Å². The van der Waals surface area contributed by atoms with Crippen molar-refractivity contribution in [1.82, 2.24) is 4.90 Å². The predicted molar refractivity (Wildman–Crippen MR) is 127 cm³/mol. The first-order chi connectivity index (χ1) is 14.9. The zero-order valence-electron chi connectivity index (χ0n) is 17.6. The molecule has 0 atom stereocenters. The lowest BCUT2D eigenvalue weighted by Crippen LogP contribution is -2.31. The maximum Gasteiger partial charge on any atom is 0.281 e. The van der Waals surface area contributed by atoms with E-state index in [1.165, 1.54) is 12.0 Å². The number of carbonyl (C=O) groups is 1. The SMILES string of the molecule is C=CCOc1c(Cl)cc(/C=C2/C(=O)N(c3ccc(OCC)cc3)C(=S)N2C)cc1OC. The number of likely N-dealkylation sites (N-methyl/N-ethyl adjacent to an activating group) is 1. The molecule has 1 fully saturated rings. The predicted octanol–water partition coefficient (Wildman–Crippen LogP) is 4.92. The van der Waals surface area contributed by atoms with Gasteiger partial charge in [-0.05, 0) is 67.2 Å². The highest BCUT2D eigenvalue weighted by molar-refractivity contribution is 7.80. The highest BCUT2D eigenvalue weighted by Gasteiger charge is 2.36.